The van der Waals surface area contributed by atoms with Crippen LogP contribution in [0, 0.1) is 5.92 Å². The van der Waals surface area contributed by atoms with Crippen LogP contribution < -0.4 is 0 Å². The van der Waals surface area contributed by atoms with Crippen LogP contribution in [0.2, 0.25) is 0 Å². The summed E-state index contributed by atoms with van der Waals surface area (Å²) >= 11 is 0. The fourth-order valence-corrected chi connectivity index (χ4v) is 0.898. The standard InChI is InChI=1S/C8H18O4/c1-6(8(11)12)2-3-7(10)4-5-9/h6-12H,2-5H2,1H3. The lowest BCUT2D eigenvalue weighted by Crippen LogP contribution is -2.19. The van der Waals surface area contributed by atoms with Gasteiger partial charge in [-0.25, -0.2) is 0 Å². The van der Waals surface area contributed by atoms with Crippen molar-refractivity contribution in [3.8, 4) is 0 Å². The molecule has 0 aliphatic rings. The minimum Gasteiger partial charge on any atom is -0.396 e. The van der Waals surface area contributed by atoms with Crippen LogP contribution in [-0.2, 0) is 0 Å². The zero-order chi connectivity index (χ0) is 9.56. The highest BCUT2D eigenvalue weighted by Crippen LogP contribution is 2.12. The van der Waals surface area contributed by atoms with E-state index in [0.29, 0.717) is 19.3 Å². The maximum absolute atomic E-state index is 9.16. The highest BCUT2D eigenvalue weighted by Gasteiger charge is 2.12. The molecule has 4 N–H and O–H groups in total. The van der Waals surface area contributed by atoms with Crippen molar-refractivity contribution in [2.75, 3.05) is 6.61 Å². The first-order chi connectivity index (χ1) is 5.57. The van der Waals surface area contributed by atoms with Gasteiger partial charge in [0, 0.05) is 12.5 Å². The average Bonchev–Trinajstić information content (AvgIpc) is 2.00. The van der Waals surface area contributed by atoms with E-state index in [9.17, 15) is 0 Å². The monoisotopic (exact) mass is 178 g/mol. The number of aliphatic hydroxyl groups is 4. The molecule has 4 heteroatoms. The first-order valence-corrected chi connectivity index (χ1v) is 4.23. The summed E-state index contributed by atoms with van der Waals surface area (Å²) in [5, 5.41) is 35.0. The summed E-state index contributed by atoms with van der Waals surface area (Å²) in [6, 6.07) is 0. The van der Waals surface area contributed by atoms with Crippen molar-refractivity contribution >= 4 is 0 Å². The van der Waals surface area contributed by atoms with E-state index in [1.807, 2.05) is 0 Å². The molecule has 0 rings (SSSR count). The van der Waals surface area contributed by atoms with E-state index >= 15 is 0 Å². The maximum Gasteiger partial charge on any atom is 0.154 e. The third-order valence-electron chi connectivity index (χ3n) is 1.93. The second-order valence-corrected chi connectivity index (χ2v) is 3.13. The predicted molar refractivity (Wildman–Crippen MR) is 44.3 cm³/mol. The van der Waals surface area contributed by atoms with E-state index in [4.69, 9.17) is 20.4 Å². The van der Waals surface area contributed by atoms with Gasteiger partial charge in [-0.15, -0.1) is 0 Å². The van der Waals surface area contributed by atoms with Gasteiger partial charge in [0.1, 0.15) is 0 Å². The van der Waals surface area contributed by atoms with Crippen molar-refractivity contribution in [2.24, 2.45) is 5.92 Å². The van der Waals surface area contributed by atoms with Crippen LogP contribution in [0.4, 0.5) is 0 Å². The van der Waals surface area contributed by atoms with E-state index in [1.165, 1.54) is 0 Å². The molecule has 0 bridgehead atoms. The zero-order valence-electron chi connectivity index (χ0n) is 7.35. The van der Waals surface area contributed by atoms with Gasteiger partial charge in [0.15, 0.2) is 6.29 Å². The summed E-state index contributed by atoms with van der Waals surface area (Å²) in [5.74, 6) is -0.224. The SMILES string of the molecule is CC(CCC(O)CCO)C(O)O. The van der Waals surface area contributed by atoms with Gasteiger partial charge in [-0.1, -0.05) is 6.92 Å². The lowest BCUT2D eigenvalue weighted by atomic mass is 10.0. The Morgan fingerprint density at radius 3 is 2.00 bits per heavy atom. The molecule has 0 aromatic heterocycles. The largest absolute Gasteiger partial charge is 0.396 e. The van der Waals surface area contributed by atoms with Crippen molar-refractivity contribution < 1.29 is 20.4 Å². The minimum absolute atomic E-state index is 0.0305. The van der Waals surface area contributed by atoms with Gasteiger partial charge in [0.25, 0.3) is 0 Å². The van der Waals surface area contributed by atoms with E-state index in [0.717, 1.165) is 0 Å². The van der Waals surface area contributed by atoms with E-state index in [2.05, 4.69) is 0 Å². The molecule has 0 amide bonds. The normalized spacial score (nSPS) is 16.5. The molecule has 74 valence electrons. The van der Waals surface area contributed by atoms with Gasteiger partial charge in [-0.2, -0.15) is 0 Å². The quantitative estimate of drug-likeness (QED) is 0.412. The summed E-state index contributed by atoms with van der Waals surface area (Å²) in [4.78, 5) is 0. The molecule has 0 fully saturated rings. The van der Waals surface area contributed by atoms with Crippen LogP contribution in [0.3, 0.4) is 0 Å². The number of aliphatic hydroxyl groups excluding tert-OH is 3. The Bertz CT molecular complexity index is 105. The Hall–Kier alpha value is -0.160. The zero-order valence-corrected chi connectivity index (χ0v) is 7.35. The number of rotatable bonds is 6. The van der Waals surface area contributed by atoms with Gasteiger partial charge >= 0.3 is 0 Å². The Kier molecular flexibility index (Phi) is 6.28. The van der Waals surface area contributed by atoms with E-state index in [-0.39, 0.29) is 12.5 Å². The first kappa shape index (κ1) is 11.8. The second-order valence-electron chi connectivity index (χ2n) is 3.13. The lowest BCUT2D eigenvalue weighted by molar-refractivity contribution is -0.0827. The fraction of sp³-hybridized carbons (Fsp3) is 1.00. The highest BCUT2D eigenvalue weighted by molar-refractivity contribution is 4.60. The van der Waals surface area contributed by atoms with Crippen LogP contribution in [0.1, 0.15) is 26.2 Å². The van der Waals surface area contributed by atoms with Crippen molar-refractivity contribution in [3.63, 3.8) is 0 Å². The Morgan fingerprint density at radius 1 is 1.00 bits per heavy atom. The van der Waals surface area contributed by atoms with Gasteiger partial charge in [0.2, 0.25) is 0 Å². The average molecular weight is 178 g/mol. The topological polar surface area (TPSA) is 80.9 Å². The summed E-state index contributed by atoms with van der Waals surface area (Å²) in [7, 11) is 0. The van der Waals surface area contributed by atoms with Gasteiger partial charge in [-0.3, -0.25) is 0 Å². The summed E-state index contributed by atoms with van der Waals surface area (Å²) in [6.07, 6.45) is -0.436. The molecule has 0 heterocycles. The number of hydrogen-bond donors (Lipinski definition) is 4. The maximum atomic E-state index is 9.16. The van der Waals surface area contributed by atoms with Crippen molar-refractivity contribution in [2.45, 2.75) is 38.6 Å². The van der Waals surface area contributed by atoms with Crippen LogP contribution in [0.5, 0.6) is 0 Å². The lowest BCUT2D eigenvalue weighted by Gasteiger charge is -2.15. The molecule has 12 heavy (non-hydrogen) atoms. The molecule has 0 radical (unpaired) electrons. The first-order valence-electron chi connectivity index (χ1n) is 4.23. The molecule has 0 aromatic rings. The van der Waals surface area contributed by atoms with Crippen LogP contribution in [-0.4, -0.2) is 39.4 Å². The van der Waals surface area contributed by atoms with Gasteiger partial charge < -0.3 is 20.4 Å². The molecule has 0 aromatic carbocycles. The molecule has 0 saturated carbocycles. The molecule has 0 aliphatic heterocycles. The van der Waals surface area contributed by atoms with Crippen molar-refractivity contribution in [1.82, 2.24) is 0 Å². The van der Waals surface area contributed by atoms with Crippen molar-refractivity contribution in [3.05, 3.63) is 0 Å². The van der Waals surface area contributed by atoms with Crippen LogP contribution >= 0.6 is 0 Å². The third-order valence-corrected chi connectivity index (χ3v) is 1.93. The summed E-state index contributed by atoms with van der Waals surface area (Å²) < 4.78 is 0. The van der Waals surface area contributed by atoms with Crippen molar-refractivity contribution in [1.29, 1.82) is 0 Å². The second kappa shape index (κ2) is 6.37. The van der Waals surface area contributed by atoms with Crippen LogP contribution in [0.15, 0.2) is 0 Å². The molecular formula is C8H18O4. The smallest absolute Gasteiger partial charge is 0.154 e. The molecule has 0 aliphatic carbocycles. The summed E-state index contributed by atoms with van der Waals surface area (Å²) in [6.45, 7) is 1.67. The Morgan fingerprint density at radius 2 is 1.58 bits per heavy atom. The molecule has 0 saturated heterocycles. The molecule has 4 nitrogen and oxygen atoms in total. The van der Waals surface area contributed by atoms with Crippen LogP contribution in [0.25, 0.3) is 0 Å². The summed E-state index contributed by atoms with van der Waals surface area (Å²) in [5.41, 5.74) is 0. The molecule has 2 atom stereocenters. The molecule has 2 unspecified atom stereocenters. The Balaban J connectivity index is 3.40. The van der Waals surface area contributed by atoms with E-state index < -0.39 is 12.4 Å². The fourth-order valence-electron chi connectivity index (χ4n) is 0.898. The number of hydrogen-bond acceptors (Lipinski definition) is 4. The predicted octanol–water partition coefficient (Wildman–Crippen LogP) is -0.543. The molecule has 0 spiro atoms. The van der Waals surface area contributed by atoms with Gasteiger partial charge in [-0.05, 0) is 19.3 Å². The Labute approximate surface area is 72.5 Å². The molecular weight excluding hydrogens is 160 g/mol. The highest BCUT2D eigenvalue weighted by atomic mass is 16.5. The van der Waals surface area contributed by atoms with Gasteiger partial charge in [0.05, 0.1) is 6.10 Å². The third kappa shape index (κ3) is 5.49. The minimum atomic E-state index is -1.31. The van der Waals surface area contributed by atoms with E-state index in [1.54, 1.807) is 6.92 Å².